The summed E-state index contributed by atoms with van der Waals surface area (Å²) in [6.45, 7) is 6.48. The van der Waals surface area contributed by atoms with Crippen molar-refractivity contribution >= 4 is 17.1 Å². The van der Waals surface area contributed by atoms with Gasteiger partial charge in [0.15, 0.2) is 0 Å². The molecule has 1 saturated carbocycles. The van der Waals surface area contributed by atoms with E-state index < -0.39 is 0 Å². The molecular formula is C16H19N3O. The largest absolute Gasteiger partial charge is 0.331 e. The smallest absolute Gasteiger partial charge is 0.235 e. The van der Waals surface area contributed by atoms with E-state index in [-0.39, 0.29) is 11.0 Å². The zero-order chi connectivity index (χ0) is 14.5. The molecule has 104 valence electrons. The van der Waals surface area contributed by atoms with Crippen LogP contribution >= 0.6 is 0 Å². The van der Waals surface area contributed by atoms with Crippen LogP contribution in [0.2, 0.25) is 0 Å². The van der Waals surface area contributed by atoms with Gasteiger partial charge in [0.2, 0.25) is 6.08 Å². The lowest BCUT2D eigenvalue weighted by atomic mass is 9.96. The highest BCUT2D eigenvalue weighted by atomic mass is 16.1. The molecule has 0 atom stereocenters. The Morgan fingerprint density at radius 2 is 2.05 bits per heavy atom. The minimum atomic E-state index is -0.324. The fraction of sp³-hybridized carbons (Fsp3) is 0.500. The summed E-state index contributed by atoms with van der Waals surface area (Å²) in [4.78, 5) is 19.3. The van der Waals surface area contributed by atoms with Crippen molar-refractivity contribution in [1.29, 1.82) is 0 Å². The molecule has 2 aromatic rings. The van der Waals surface area contributed by atoms with Crippen LogP contribution in [0.1, 0.15) is 45.0 Å². The van der Waals surface area contributed by atoms with E-state index in [4.69, 9.17) is 4.98 Å². The van der Waals surface area contributed by atoms with Gasteiger partial charge in [-0.2, -0.15) is 4.99 Å². The molecule has 20 heavy (non-hydrogen) atoms. The molecule has 1 heterocycles. The van der Waals surface area contributed by atoms with E-state index in [0.29, 0.717) is 0 Å². The molecule has 1 aromatic heterocycles. The second-order valence-corrected chi connectivity index (χ2v) is 6.68. The van der Waals surface area contributed by atoms with E-state index in [9.17, 15) is 4.79 Å². The van der Waals surface area contributed by atoms with Crippen molar-refractivity contribution in [2.45, 2.75) is 44.6 Å². The van der Waals surface area contributed by atoms with Crippen molar-refractivity contribution in [3.05, 3.63) is 29.6 Å². The number of rotatable bonds is 2. The zero-order valence-electron chi connectivity index (χ0n) is 12.4. The standard InChI is InChI=1S/C16H19N3O/c1-15(2,3)14-18-12-9-11(5-6-13(12)19(14)4)16(7-8-16)17-10-20/h5-6,9H,7-8H2,1-4H3. The highest BCUT2D eigenvalue weighted by Gasteiger charge is 2.45. The summed E-state index contributed by atoms with van der Waals surface area (Å²) >= 11 is 0. The molecule has 1 aromatic carbocycles. The van der Waals surface area contributed by atoms with Crippen LogP contribution in [0.5, 0.6) is 0 Å². The highest BCUT2D eigenvalue weighted by Crippen LogP contribution is 2.49. The third-order valence-electron chi connectivity index (χ3n) is 4.07. The molecule has 0 aliphatic heterocycles. The Hall–Kier alpha value is -1.93. The average Bonchev–Trinajstić information content (AvgIpc) is 3.07. The minimum absolute atomic E-state index is 0.00610. The quantitative estimate of drug-likeness (QED) is 0.621. The van der Waals surface area contributed by atoms with Gasteiger partial charge in [0.25, 0.3) is 0 Å². The second-order valence-electron chi connectivity index (χ2n) is 6.68. The Morgan fingerprint density at radius 1 is 1.35 bits per heavy atom. The number of benzene rings is 1. The first-order chi connectivity index (χ1) is 9.37. The third-order valence-corrected chi connectivity index (χ3v) is 4.07. The minimum Gasteiger partial charge on any atom is -0.331 e. The van der Waals surface area contributed by atoms with Crippen LogP contribution in [0, 0.1) is 0 Å². The number of hydrogen-bond acceptors (Lipinski definition) is 3. The first-order valence-electron chi connectivity index (χ1n) is 6.94. The zero-order valence-corrected chi connectivity index (χ0v) is 12.4. The molecule has 0 bridgehead atoms. The van der Waals surface area contributed by atoms with E-state index in [2.05, 4.69) is 48.5 Å². The van der Waals surface area contributed by atoms with Crippen LogP contribution in [0.25, 0.3) is 11.0 Å². The molecule has 1 aliphatic rings. The van der Waals surface area contributed by atoms with Crippen molar-refractivity contribution in [2.75, 3.05) is 0 Å². The lowest BCUT2D eigenvalue weighted by Crippen LogP contribution is -2.17. The van der Waals surface area contributed by atoms with Crippen LogP contribution < -0.4 is 0 Å². The number of aromatic nitrogens is 2. The summed E-state index contributed by atoms with van der Waals surface area (Å²) in [5.74, 6) is 1.06. The summed E-state index contributed by atoms with van der Waals surface area (Å²) in [6.07, 6.45) is 3.55. The maximum Gasteiger partial charge on any atom is 0.235 e. The molecule has 0 N–H and O–H groups in total. The van der Waals surface area contributed by atoms with Crippen molar-refractivity contribution in [2.24, 2.45) is 12.0 Å². The number of aliphatic imine (C=N–C) groups is 1. The highest BCUT2D eigenvalue weighted by molar-refractivity contribution is 5.77. The number of hydrogen-bond donors (Lipinski definition) is 0. The summed E-state index contributed by atoms with van der Waals surface area (Å²) in [6, 6.07) is 6.20. The van der Waals surface area contributed by atoms with E-state index in [1.807, 2.05) is 7.05 Å². The molecule has 0 radical (unpaired) electrons. The van der Waals surface area contributed by atoms with Crippen LogP contribution in [0.4, 0.5) is 0 Å². The van der Waals surface area contributed by atoms with Crippen LogP contribution in [0.3, 0.4) is 0 Å². The van der Waals surface area contributed by atoms with Gasteiger partial charge in [-0.25, -0.2) is 9.78 Å². The number of fused-ring (bicyclic) bond motifs is 1. The van der Waals surface area contributed by atoms with Crippen molar-refractivity contribution < 1.29 is 4.79 Å². The monoisotopic (exact) mass is 269 g/mol. The molecule has 0 saturated heterocycles. The predicted molar refractivity (Wildman–Crippen MR) is 78.4 cm³/mol. The van der Waals surface area contributed by atoms with Gasteiger partial charge in [0, 0.05) is 12.5 Å². The maximum atomic E-state index is 10.6. The fourth-order valence-corrected chi connectivity index (χ4v) is 2.83. The van der Waals surface area contributed by atoms with Crippen LogP contribution in [-0.4, -0.2) is 15.6 Å². The summed E-state index contributed by atoms with van der Waals surface area (Å²) in [5, 5.41) is 0. The Kier molecular flexibility index (Phi) is 2.63. The maximum absolute atomic E-state index is 10.6. The summed E-state index contributed by atoms with van der Waals surface area (Å²) in [5.41, 5.74) is 2.85. The van der Waals surface area contributed by atoms with Gasteiger partial charge >= 0.3 is 0 Å². The van der Waals surface area contributed by atoms with E-state index in [1.165, 1.54) is 0 Å². The van der Waals surface area contributed by atoms with Crippen molar-refractivity contribution in [3.63, 3.8) is 0 Å². The van der Waals surface area contributed by atoms with Crippen molar-refractivity contribution in [3.8, 4) is 0 Å². The molecule has 0 spiro atoms. The van der Waals surface area contributed by atoms with Gasteiger partial charge in [-0.3, -0.25) is 0 Å². The second kappa shape index (κ2) is 4.03. The molecule has 1 fully saturated rings. The number of aryl methyl sites for hydroxylation is 1. The molecule has 1 aliphatic carbocycles. The summed E-state index contributed by atoms with van der Waals surface area (Å²) < 4.78 is 2.14. The van der Waals surface area contributed by atoms with Crippen molar-refractivity contribution in [1.82, 2.24) is 9.55 Å². The third kappa shape index (κ3) is 1.88. The van der Waals surface area contributed by atoms with Gasteiger partial charge in [0.1, 0.15) is 5.82 Å². The summed E-state index contributed by atoms with van der Waals surface area (Å²) in [7, 11) is 2.05. The topological polar surface area (TPSA) is 47.2 Å². The van der Waals surface area contributed by atoms with E-state index in [1.54, 1.807) is 6.08 Å². The van der Waals surface area contributed by atoms with E-state index in [0.717, 1.165) is 35.3 Å². The Balaban J connectivity index is 2.16. The van der Waals surface area contributed by atoms with E-state index >= 15 is 0 Å². The Bertz CT molecular complexity index is 726. The van der Waals surface area contributed by atoms with Crippen LogP contribution in [0.15, 0.2) is 23.2 Å². The first-order valence-corrected chi connectivity index (χ1v) is 6.94. The Morgan fingerprint density at radius 3 is 2.60 bits per heavy atom. The normalized spacial score (nSPS) is 17.0. The molecule has 0 unspecified atom stereocenters. The van der Waals surface area contributed by atoms with Gasteiger partial charge in [0.05, 0.1) is 16.6 Å². The number of nitrogens with zero attached hydrogens (tertiary/aromatic N) is 3. The predicted octanol–water partition coefficient (Wildman–Crippen LogP) is 3.20. The molecule has 0 amide bonds. The average molecular weight is 269 g/mol. The number of isocyanates is 1. The lowest BCUT2D eigenvalue weighted by Gasteiger charge is -2.17. The van der Waals surface area contributed by atoms with Crippen LogP contribution in [-0.2, 0) is 22.8 Å². The first kappa shape index (κ1) is 13.1. The number of imidazole rings is 1. The van der Waals surface area contributed by atoms with Gasteiger partial charge in [-0.15, -0.1) is 0 Å². The molecule has 4 heteroatoms. The lowest BCUT2D eigenvalue weighted by molar-refractivity contribution is 0.526. The molecular weight excluding hydrogens is 250 g/mol. The SMILES string of the molecule is Cn1c(C(C)(C)C)nc2cc(C3(N=C=O)CC3)ccc21. The van der Waals surface area contributed by atoms with Gasteiger partial charge in [-0.1, -0.05) is 26.8 Å². The Labute approximate surface area is 118 Å². The molecule has 3 rings (SSSR count). The fourth-order valence-electron chi connectivity index (χ4n) is 2.83. The van der Waals surface area contributed by atoms with Gasteiger partial charge < -0.3 is 4.57 Å². The molecule has 4 nitrogen and oxygen atoms in total. The number of carbonyl (C=O) groups excluding carboxylic acids is 1. The van der Waals surface area contributed by atoms with Gasteiger partial charge in [-0.05, 0) is 30.5 Å².